The number of anilines is 4. The number of halogens is 1. The van der Waals surface area contributed by atoms with Crippen LogP contribution in [0.15, 0.2) is 48.8 Å². The van der Waals surface area contributed by atoms with Crippen molar-refractivity contribution in [2.45, 2.75) is 20.8 Å². The molecule has 2 aromatic carbocycles. The molecule has 0 aliphatic carbocycles. The highest BCUT2D eigenvalue weighted by Gasteiger charge is 2.14. The van der Waals surface area contributed by atoms with Crippen molar-refractivity contribution in [2.75, 3.05) is 9.74 Å². The van der Waals surface area contributed by atoms with E-state index in [2.05, 4.69) is 40.4 Å². The molecular weight excluding hydrogens is 346 g/mol. The van der Waals surface area contributed by atoms with Gasteiger partial charge in [0, 0.05) is 17.5 Å². The van der Waals surface area contributed by atoms with Gasteiger partial charge in [0.25, 0.3) is 0 Å². The maximum absolute atomic E-state index is 8.84. The summed E-state index contributed by atoms with van der Waals surface area (Å²) in [6.45, 7) is 6.13. The van der Waals surface area contributed by atoms with E-state index >= 15 is 0 Å². The second-order valence-electron chi connectivity index (χ2n) is 6.11. The molecular formula is C20H18ClN5. The number of rotatable bonds is 4. The molecule has 0 bridgehead atoms. The van der Waals surface area contributed by atoms with Gasteiger partial charge in [0.05, 0.1) is 35.4 Å². The van der Waals surface area contributed by atoms with Crippen LogP contribution < -0.4 is 9.74 Å². The van der Waals surface area contributed by atoms with Gasteiger partial charge in [-0.1, -0.05) is 17.7 Å². The van der Waals surface area contributed by atoms with Crippen LogP contribution in [-0.4, -0.2) is 9.97 Å². The Morgan fingerprint density at radius 3 is 2.12 bits per heavy atom. The first-order valence-corrected chi connectivity index (χ1v) is 8.44. The van der Waals surface area contributed by atoms with E-state index in [1.807, 2.05) is 26.0 Å². The summed E-state index contributed by atoms with van der Waals surface area (Å²) in [6.07, 6.45) is 3.34. The third-order valence-corrected chi connectivity index (χ3v) is 4.33. The highest BCUT2D eigenvalue weighted by atomic mass is 35.5. The van der Waals surface area contributed by atoms with Gasteiger partial charge < -0.3 is 5.32 Å². The molecule has 0 saturated heterocycles. The smallest absolute Gasteiger partial charge is 0.227 e. The fraction of sp³-hybridized carbons (Fsp3) is 0.150. The van der Waals surface area contributed by atoms with Gasteiger partial charge in [-0.25, -0.2) is 9.97 Å². The highest BCUT2D eigenvalue weighted by molar-refractivity contribution is 6.29. The van der Waals surface area contributed by atoms with Crippen molar-refractivity contribution < 1.29 is 0 Å². The predicted molar refractivity (Wildman–Crippen MR) is 105 cm³/mol. The lowest BCUT2D eigenvalue weighted by atomic mass is 10.1. The predicted octanol–water partition coefficient (Wildman–Crippen LogP) is 5.31. The van der Waals surface area contributed by atoms with Crippen LogP contribution in [0.1, 0.15) is 22.3 Å². The van der Waals surface area contributed by atoms with Crippen LogP contribution >= 0.6 is 11.8 Å². The molecule has 130 valence electrons. The first kappa shape index (κ1) is 17.7. The second kappa shape index (κ2) is 7.42. The minimum atomic E-state index is 0.459. The summed E-state index contributed by atoms with van der Waals surface area (Å²) in [5.41, 5.74) is 6.43. The lowest BCUT2D eigenvalue weighted by molar-refractivity contribution is 1.14. The highest BCUT2D eigenvalue weighted by Crippen LogP contribution is 2.33. The minimum Gasteiger partial charge on any atom is -0.324 e. The Morgan fingerprint density at radius 2 is 1.58 bits per heavy atom. The summed E-state index contributed by atoms with van der Waals surface area (Å²) in [5.74, 6) is 0.459. The molecule has 3 rings (SSSR count). The zero-order valence-corrected chi connectivity index (χ0v) is 15.5. The van der Waals surface area contributed by atoms with Crippen LogP contribution in [-0.2, 0) is 0 Å². The summed E-state index contributed by atoms with van der Waals surface area (Å²) in [4.78, 5) is 8.65. The Labute approximate surface area is 158 Å². The molecule has 0 fully saturated rings. The van der Waals surface area contributed by atoms with E-state index in [9.17, 15) is 0 Å². The van der Waals surface area contributed by atoms with Crippen LogP contribution in [0.2, 0.25) is 0 Å². The van der Waals surface area contributed by atoms with Crippen LogP contribution in [0.5, 0.6) is 0 Å². The number of nitrogens with zero attached hydrogens (tertiary/aromatic N) is 4. The van der Waals surface area contributed by atoms with Crippen molar-refractivity contribution in [2.24, 2.45) is 0 Å². The largest absolute Gasteiger partial charge is 0.324 e. The maximum atomic E-state index is 8.84. The fourth-order valence-electron chi connectivity index (χ4n) is 2.86. The first-order valence-electron chi connectivity index (χ1n) is 8.11. The summed E-state index contributed by atoms with van der Waals surface area (Å²) in [6, 6.07) is 13.4. The Hall–Kier alpha value is -3.10. The van der Waals surface area contributed by atoms with E-state index in [1.165, 1.54) is 5.56 Å². The lowest BCUT2D eigenvalue weighted by Gasteiger charge is -2.20. The number of hydrogen-bond donors (Lipinski definition) is 1. The number of aryl methyl sites for hydroxylation is 3. The Bertz CT molecular complexity index is 936. The number of aromatic nitrogens is 2. The normalized spacial score (nSPS) is 10.3. The molecule has 0 amide bonds. The molecule has 0 saturated carbocycles. The number of benzene rings is 2. The van der Waals surface area contributed by atoms with Gasteiger partial charge in [0.1, 0.15) is 0 Å². The van der Waals surface area contributed by atoms with Gasteiger partial charge in [-0.05, 0) is 56.2 Å². The van der Waals surface area contributed by atoms with Crippen molar-refractivity contribution in [3.05, 3.63) is 71.0 Å². The molecule has 26 heavy (non-hydrogen) atoms. The van der Waals surface area contributed by atoms with Crippen LogP contribution in [0, 0.1) is 32.1 Å². The average molecular weight is 364 g/mol. The molecule has 3 aromatic rings. The van der Waals surface area contributed by atoms with Gasteiger partial charge in [-0.3, -0.25) is 4.42 Å². The van der Waals surface area contributed by atoms with E-state index in [-0.39, 0.29) is 0 Å². The molecule has 0 spiro atoms. The van der Waals surface area contributed by atoms with Crippen molar-refractivity contribution in [3.63, 3.8) is 0 Å². The number of nitriles is 1. The second-order valence-corrected chi connectivity index (χ2v) is 6.45. The van der Waals surface area contributed by atoms with E-state index in [1.54, 1.807) is 28.9 Å². The first-order chi connectivity index (χ1) is 12.5. The van der Waals surface area contributed by atoms with Crippen LogP contribution in [0.25, 0.3) is 0 Å². The minimum absolute atomic E-state index is 0.459. The maximum Gasteiger partial charge on any atom is 0.227 e. The fourth-order valence-corrected chi connectivity index (χ4v) is 3.21. The van der Waals surface area contributed by atoms with Crippen molar-refractivity contribution in [1.29, 1.82) is 5.26 Å². The molecule has 0 unspecified atom stereocenters. The topological polar surface area (TPSA) is 64.8 Å². The van der Waals surface area contributed by atoms with Crippen LogP contribution in [0.3, 0.4) is 0 Å². The van der Waals surface area contributed by atoms with Crippen molar-refractivity contribution in [3.8, 4) is 6.07 Å². The van der Waals surface area contributed by atoms with E-state index < -0.39 is 0 Å². The lowest BCUT2D eigenvalue weighted by Crippen LogP contribution is -2.08. The number of hydrogen-bond acceptors (Lipinski definition) is 5. The van der Waals surface area contributed by atoms with Gasteiger partial charge in [0.15, 0.2) is 0 Å². The molecule has 6 heteroatoms. The molecule has 5 nitrogen and oxygen atoms in total. The zero-order valence-electron chi connectivity index (χ0n) is 14.8. The monoisotopic (exact) mass is 363 g/mol. The molecule has 1 aromatic heterocycles. The van der Waals surface area contributed by atoms with Crippen molar-refractivity contribution in [1.82, 2.24) is 9.97 Å². The van der Waals surface area contributed by atoms with E-state index in [4.69, 9.17) is 17.0 Å². The Kier molecular flexibility index (Phi) is 5.06. The van der Waals surface area contributed by atoms with Gasteiger partial charge in [-0.2, -0.15) is 5.26 Å². The van der Waals surface area contributed by atoms with Gasteiger partial charge >= 0.3 is 0 Å². The molecule has 0 aliphatic rings. The summed E-state index contributed by atoms with van der Waals surface area (Å²) < 4.78 is 1.58. The van der Waals surface area contributed by atoms with E-state index in [0.29, 0.717) is 17.2 Å². The quantitative estimate of drug-likeness (QED) is 0.636. The summed E-state index contributed by atoms with van der Waals surface area (Å²) in [7, 11) is 0. The third kappa shape index (κ3) is 3.76. The van der Waals surface area contributed by atoms with E-state index in [0.717, 1.165) is 22.5 Å². The Balaban J connectivity index is 1.80. The van der Waals surface area contributed by atoms with Crippen molar-refractivity contribution >= 4 is 34.8 Å². The van der Waals surface area contributed by atoms with Gasteiger partial charge in [0.2, 0.25) is 5.95 Å². The molecule has 0 atom stereocenters. The molecule has 1 N–H and O–H groups in total. The van der Waals surface area contributed by atoms with Crippen LogP contribution in [0.4, 0.5) is 23.0 Å². The summed E-state index contributed by atoms with van der Waals surface area (Å²) in [5, 5.41) is 11.9. The molecule has 1 heterocycles. The molecule has 0 radical (unpaired) electrons. The third-order valence-electron chi connectivity index (χ3n) is 3.97. The standard InChI is InChI=1S/C20H18ClN5/c1-13-8-14(2)19(15(3)9-13)26(21)18-11-23-20(24-12-18)25-17-6-4-16(10-22)5-7-17/h4-9,11-12H,1-3H3,(H,23,24,25). The Morgan fingerprint density at radius 1 is 1.00 bits per heavy atom. The summed E-state index contributed by atoms with van der Waals surface area (Å²) >= 11 is 6.54. The SMILES string of the molecule is Cc1cc(C)c(N(Cl)c2cnc(Nc3ccc(C#N)cc3)nc2)c(C)c1. The number of nitrogens with one attached hydrogen (secondary N) is 1. The van der Waals surface area contributed by atoms with Gasteiger partial charge in [-0.15, -0.1) is 0 Å². The zero-order chi connectivity index (χ0) is 18.7. The molecule has 0 aliphatic heterocycles. The average Bonchev–Trinajstić information content (AvgIpc) is 2.62.